The number of benzene rings is 1. The summed E-state index contributed by atoms with van der Waals surface area (Å²) < 4.78 is 0. The predicted octanol–water partition coefficient (Wildman–Crippen LogP) is 2.13. The van der Waals surface area contributed by atoms with Crippen LogP contribution in [0.4, 0.5) is 0 Å². The summed E-state index contributed by atoms with van der Waals surface area (Å²) in [6.45, 7) is 4.87. The molecule has 0 aliphatic heterocycles. The largest absolute Gasteiger partial charge is 0.396 e. The van der Waals surface area contributed by atoms with Crippen LogP contribution in [0.1, 0.15) is 35.7 Å². The van der Waals surface area contributed by atoms with Crippen LogP contribution in [-0.2, 0) is 0 Å². The number of amides is 1. The van der Waals surface area contributed by atoms with Gasteiger partial charge in [-0.05, 0) is 31.4 Å². The van der Waals surface area contributed by atoms with Gasteiger partial charge in [0.15, 0.2) is 0 Å². The minimum absolute atomic E-state index is 0.0404. The average molecular weight is 235 g/mol. The number of carbonyl (C=O) groups is 1. The van der Waals surface area contributed by atoms with E-state index in [4.69, 9.17) is 5.11 Å². The normalized spacial score (nSPS) is 12.2. The van der Waals surface area contributed by atoms with Gasteiger partial charge in [0.05, 0.1) is 0 Å². The van der Waals surface area contributed by atoms with Gasteiger partial charge in [-0.1, -0.05) is 31.0 Å². The number of aliphatic hydroxyl groups excluding tert-OH is 1. The molecule has 94 valence electrons. The van der Waals surface area contributed by atoms with Crippen LogP contribution in [-0.4, -0.2) is 24.2 Å². The molecule has 0 aliphatic carbocycles. The highest BCUT2D eigenvalue weighted by molar-refractivity contribution is 5.94. The number of carbonyl (C=O) groups excluding carboxylic acids is 1. The quantitative estimate of drug-likeness (QED) is 0.793. The lowest BCUT2D eigenvalue weighted by Gasteiger charge is -2.14. The summed E-state index contributed by atoms with van der Waals surface area (Å²) in [7, 11) is 0. The van der Waals surface area contributed by atoms with Crippen molar-refractivity contribution in [3.8, 4) is 0 Å². The number of aliphatic hydroxyl groups is 1. The van der Waals surface area contributed by atoms with Gasteiger partial charge < -0.3 is 10.4 Å². The second-order valence-corrected chi connectivity index (χ2v) is 4.36. The molecule has 1 aromatic carbocycles. The molecular weight excluding hydrogens is 214 g/mol. The first-order valence-corrected chi connectivity index (χ1v) is 6.13. The monoisotopic (exact) mass is 235 g/mol. The molecule has 1 amide bonds. The third kappa shape index (κ3) is 4.57. The zero-order valence-corrected chi connectivity index (χ0v) is 10.6. The van der Waals surface area contributed by atoms with Gasteiger partial charge in [0.2, 0.25) is 0 Å². The molecule has 1 unspecified atom stereocenters. The average Bonchev–Trinajstić information content (AvgIpc) is 2.35. The van der Waals surface area contributed by atoms with Gasteiger partial charge >= 0.3 is 0 Å². The molecule has 0 fully saturated rings. The van der Waals surface area contributed by atoms with Crippen LogP contribution in [0.25, 0.3) is 0 Å². The lowest BCUT2D eigenvalue weighted by molar-refractivity contribution is 0.0943. The minimum atomic E-state index is -0.0404. The minimum Gasteiger partial charge on any atom is -0.396 e. The lowest BCUT2D eigenvalue weighted by atomic mass is 10.0. The van der Waals surface area contributed by atoms with Crippen molar-refractivity contribution < 1.29 is 9.90 Å². The summed E-state index contributed by atoms with van der Waals surface area (Å²) in [4.78, 5) is 11.8. The molecule has 0 radical (unpaired) electrons. The fourth-order valence-electron chi connectivity index (χ4n) is 1.68. The Bertz CT molecular complexity index is 346. The number of hydrogen-bond acceptors (Lipinski definition) is 2. The smallest absolute Gasteiger partial charge is 0.251 e. The van der Waals surface area contributed by atoms with E-state index in [1.165, 1.54) is 0 Å². The predicted molar refractivity (Wildman–Crippen MR) is 69.0 cm³/mol. The van der Waals surface area contributed by atoms with Gasteiger partial charge in [-0.25, -0.2) is 0 Å². The molecule has 0 spiro atoms. The molecule has 0 aromatic heterocycles. The van der Waals surface area contributed by atoms with Crippen molar-refractivity contribution in [3.05, 3.63) is 35.4 Å². The first-order valence-electron chi connectivity index (χ1n) is 6.13. The van der Waals surface area contributed by atoms with E-state index in [-0.39, 0.29) is 12.5 Å². The summed E-state index contributed by atoms with van der Waals surface area (Å²) in [5, 5.41) is 11.8. The standard InChI is InChI=1S/C14H21NO2/c1-3-12(8-9-16)10-15-14(17)13-6-4-11(2)5-7-13/h4-7,12,16H,3,8-10H2,1-2H3,(H,15,17). The number of hydrogen-bond donors (Lipinski definition) is 2. The molecular formula is C14H21NO2. The lowest BCUT2D eigenvalue weighted by Crippen LogP contribution is -2.29. The molecule has 2 N–H and O–H groups in total. The van der Waals surface area contributed by atoms with E-state index in [0.717, 1.165) is 18.4 Å². The first-order chi connectivity index (χ1) is 8.17. The number of nitrogens with one attached hydrogen (secondary N) is 1. The Hall–Kier alpha value is -1.35. The van der Waals surface area contributed by atoms with E-state index in [9.17, 15) is 4.79 Å². The molecule has 3 heteroatoms. The molecule has 0 heterocycles. The first kappa shape index (κ1) is 13.7. The van der Waals surface area contributed by atoms with Crippen molar-refractivity contribution in [2.45, 2.75) is 26.7 Å². The molecule has 1 aromatic rings. The maximum absolute atomic E-state index is 11.8. The molecule has 1 rings (SSSR count). The Balaban J connectivity index is 2.46. The highest BCUT2D eigenvalue weighted by atomic mass is 16.3. The van der Waals surface area contributed by atoms with Crippen LogP contribution in [0.3, 0.4) is 0 Å². The van der Waals surface area contributed by atoms with E-state index in [0.29, 0.717) is 18.0 Å². The molecule has 3 nitrogen and oxygen atoms in total. The SMILES string of the molecule is CCC(CCO)CNC(=O)c1ccc(C)cc1. The molecule has 1 atom stereocenters. The van der Waals surface area contributed by atoms with Crippen molar-refractivity contribution in [1.29, 1.82) is 0 Å². The van der Waals surface area contributed by atoms with Crippen molar-refractivity contribution in [1.82, 2.24) is 5.32 Å². The third-order valence-electron chi connectivity index (χ3n) is 2.98. The van der Waals surface area contributed by atoms with E-state index in [1.54, 1.807) is 0 Å². The van der Waals surface area contributed by atoms with Gasteiger partial charge in [-0.2, -0.15) is 0 Å². The molecule has 0 saturated heterocycles. The summed E-state index contributed by atoms with van der Waals surface area (Å²) in [6, 6.07) is 7.52. The van der Waals surface area contributed by atoms with Crippen molar-refractivity contribution in [2.24, 2.45) is 5.92 Å². The van der Waals surface area contributed by atoms with Crippen LogP contribution in [0, 0.1) is 12.8 Å². The summed E-state index contributed by atoms with van der Waals surface area (Å²) in [5.41, 5.74) is 1.84. The van der Waals surface area contributed by atoms with E-state index in [1.807, 2.05) is 31.2 Å². The van der Waals surface area contributed by atoms with Crippen molar-refractivity contribution in [2.75, 3.05) is 13.2 Å². The molecule has 17 heavy (non-hydrogen) atoms. The molecule has 0 bridgehead atoms. The summed E-state index contributed by atoms with van der Waals surface area (Å²) >= 11 is 0. The Morgan fingerprint density at radius 3 is 2.53 bits per heavy atom. The fourth-order valence-corrected chi connectivity index (χ4v) is 1.68. The Morgan fingerprint density at radius 2 is 2.00 bits per heavy atom. The van der Waals surface area contributed by atoms with E-state index in [2.05, 4.69) is 12.2 Å². The maximum atomic E-state index is 11.8. The van der Waals surface area contributed by atoms with Gasteiger partial charge in [0.25, 0.3) is 5.91 Å². The Labute approximate surface area is 103 Å². The second kappa shape index (κ2) is 7.07. The van der Waals surface area contributed by atoms with E-state index >= 15 is 0 Å². The van der Waals surface area contributed by atoms with Crippen molar-refractivity contribution in [3.63, 3.8) is 0 Å². The van der Waals surface area contributed by atoms with Gasteiger partial charge in [0.1, 0.15) is 0 Å². The summed E-state index contributed by atoms with van der Waals surface area (Å²) in [6.07, 6.45) is 1.71. The van der Waals surface area contributed by atoms with E-state index < -0.39 is 0 Å². The summed E-state index contributed by atoms with van der Waals surface area (Å²) in [5.74, 6) is 0.316. The molecule has 0 saturated carbocycles. The van der Waals surface area contributed by atoms with Gasteiger partial charge in [-0.3, -0.25) is 4.79 Å². The third-order valence-corrected chi connectivity index (χ3v) is 2.98. The Kier molecular flexibility index (Phi) is 5.70. The zero-order chi connectivity index (χ0) is 12.7. The van der Waals surface area contributed by atoms with Crippen LogP contribution >= 0.6 is 0 Å². The van der Waals surface area contributed by atoms with Crippen LogP contribution in [0.5, 0.6) is 0 Å². The Morgan fingerprint density at radius 1 is 1.35 bits per heavy atom. The zero-order valence-electron chi connectivity index (χ0n) is 10.6. The highest BCUT2D eigenvalue weighted by Crippen LogP contribution is 2.07. The fraction of sp³-hybridized carbons (Fsp3) is 0.500. The van der Waals surface area contributed by atoms with Crippen LogP contribution in [0.2, 0.25) is 0 Å². The number of aryl methyl sites for hydroxylation is 1. The maximum Gasteiger partial charge on any atom is 0.251 e. The van der Waals surface area contributed by atoms with Gasteiger partial charge in [-0.15, -0.1) is 0 Å². The number of rotatable bonds is 6. The van der Waals surface area contributed by atoms with Gasteiger partial charge in [0, 0.05) is 18.7 Å². The van der Waals surface area contributed by atoms with Crippen LogP contribution < -0.4 is 5.32 Å². The highest BCUT2D eigenvalue weighted by Gasteiger charge is 2.09. The second-order valence-electron chi connectivity index (χ2n) is 4.36. The molecule has 0 aliphatic rings. The van der Waals surface area contributed by atoms with Crippen LogP contribution in [0.15, 0.2) is 24.3 Å². The topological polar surface area (TPSA) is 49.3 Å². The van der Waals surface area contributed by atoms with Crippen molar-refractivity contribution >= 4 is 5.91 Å².